The third-order valence-electron chi connectivity index (χ3n) is 4.46. The molecule has 0 radical (unpaired) electrons. The van der Waals surface area contributed by atoms with Crippen LogP contribution >= 0.6 is 0 Å². The second kappa shape index (κ2) is 8.99. The molecule has 6 heteroatoms. The van der Waals surface area contributed by atoms with Crippen LogP contribution in [0.2, 0.25) is 0 Å². The zero-order chi connectivity index (χ0) is 19.9. The van der Waals surface area contributed by atoms with Crippen LogP contribution in [0.4, 0.5) is 0 Å². The first kappa shape index (κ1) is 19.4. The number of carbonyl (C=O) groups is 2. The molecular formula is C22H24N4O2. The minimum absolute atomic E-state index is 0.155. The number of benzene rings is 2. The average Bonchev–Trinajstić information content (AvgIpc) is 3.13. The first-order chi connectivity index (χ1) is 13.5. The highest BCUT2D eigenvalue weighted by Crippen LogP contribution is 2.20. The monoisotopic (exact) mass is 376 g/mol. The zero-order valence-corrected chi connectivity index (χ0v) is 16.0. The highest BCUT2D eigenvalue weighted by Gasteiger charge is 2.22. The van der Waals surface area contributed by atoms with Gasteiger partial charge in [0.2, 0.25) is 5.91 Å². The van der Waals surface area contributed by atoms with E-state index in [1.807, 2.05) is 73.3 Å². The molecule has 1 aromatic heterocycles. The Morgan fingerprint density at radius 2 is 1.64 bits per heavy atom. The molecule has 0 bridgehead atoms. The lowest BCUT2D eigenvalue weighted by Crippen LogP contribution is -2.39. The number of hydrogen-bond donors (Lipinski definition) is 2. The Labute approximate surface area is 164 Å². The van der Waals surface area contributed by atoms with E-state index in [1.165, 1.54) is 0 Å². The predicted octanol–water partition coefficient (Wildman–Crippen LogP) is 2.83. The number of nitrogens with one attached hydrogen (secondary N) is 2. The van der Waals surface area contributed by atoms with E-state index in [9.17, 15) is 9.59 Å². The van der Waals surface area contributed by atoms with Gasteiger partial charge in [-0.2, -0.15) is 0 Å². The van der Waals surface area contributed by atoms with Crippen molar-refractivity contribution in [1.82, 2.24) is 20.2 Å². The SMILES string of the molecule is C[C@@H](CC(=O)N[C@H](c1ccccc1)c1nccn1C)NC(=O)c1ccccc1. The highest BCUT2D eigenvalue weighted by molar-refractivity contribution is 5.94. The molecule has 3 aromatic rings. The Kier molecular flexibility index (Phi) is 6.22. The minimum Gasteiger partial charge on any atom is -0.349 e. The summed E-state index contributed by atoms with van der Waals surface area (Å²) >= 11 is 0. The van der Waals surface area contributed by atoms with Gasteiger partial charge in [0.05, 0.1) is 0 Å². The largest absolute Gasteiger partial charge is 0.349 e. The van der Waals surface area contributed by atoms with Crippen LogP contribution in [0.1, 0.15) is 41.1 Å². The molecule has 28 heavy (non-hydrogen) atoms. The molecule has 0 saturated carbocycles. The van der Waals surface area contributed by atoms with E-state index in [1.54, 1.807) is 18.3 Å². The van der Waals surface area contributed by atoms with E-state index in [2.05, 4.69) is 15.6 Å². The van der Waals surface area contributed by atoms with Gasteiger partial charge in [0.15, 0.2) is 0 Å². The van der Waals surface area contributed by atoms with Crippen LogP contribution in [-0.2, 0) is 11.8 Å². The van der Waals surface area contributed by atoms with Gasteiger partial charge in [0, 0.05) is 37.5 Å². The number of imidazole rings is 1. The van der Waals surface area contributed by atoms with E-state index in [4.69, 9.17) is 0 Å². The van der Waals surface area contributed by atoms with Gasteiger partial charge in [0.25, 0.3) is 5.91 Å². The molecule has 1 heterocycles. The Morgan fingerprint density at radius 3 is 2.25 bits per heavy atom. The van der Waals surface area contributed by atoms with Crippen LogP contribution in [0.5, 0.6) is 0 Å². The molecule has 0 aliphatic rings. The maximum Gasteiger partial charge on any atom is 0.251 e. The molecule has 2 amide bonds. The molecule has 2 N–H and O–H groups in total. The molecule has 0 aliphatic carbocycles. The van der Waals surface area contributed by atoms with Gasteiger partial charge in [-0.25, -0.2) is 4.98 Å². The second-order valence-corrected chi connectivity index (χ2v) is 6.75. The molecule has 2 atom stereocenters. The van der Waals surface area contributed by atoms with Crippen molar-refractivity contribution in [3.05, 3.63) is 90.0 Å². The number of aromatic nitrogens is 2. The van der Waals surface area contributed by atoms with Gasteiger partial charge in [-0.1, -0.05) is 48.5 Å². The molecule has 0 unspecified atom stereocenters. The van der Waals surface area contributed by atoms with Crippen molar-refractivity contribution in [2.24, 2.45) is 7.05 Å². The summed E-state index contributed by atoms with van der Waals surface area (Å²) < 4.78 is 1.89. The van der Waals surface area contributed by atoms with Gasteiger partial charge in [-0.3, -0.25) is 9.59 Å². The van der Waals surface area contributed by atoms with E-state index in [-0.39, 0.29) is 30.3 Å². The number of nitrogens with zero attached hydrogens (tertiary/aromatic N) is 2. The number of rotatable bonds is 7. The van der Waals surface area contributed by atoms with Crippen LogP contribution in [0.3, 0.4) is 0 Å². The minimum atomic E-state index is -0.356. The second-order valence-electron chi connectivity index (χ2n) is 6.75. The summed E-state index contributed by atoms with van der Waals surface area (Å²) in [6, 6.07) is 18.0. The van der Waals surface area contributed by atoms with Gasteiger partial charge in [-0.15, -0.1) is 0 Å². The molecule has 144 valence electrons. The molecular weight excluding hydrogens is 352 g/mol. The molecule has 2 aromatic carbocycles. The van der Waals surface area contributed by atoms with E-state index in [0.29, 0.717) is 5.56 Å². The van der Waals surface area contributed by atoms with Gasteiger partial charge >= 0.3 is 0 Å². The summed E-state index contributed by atoms with van der Waals surface area (Å²) in [6.45, 7) is 1.82. The summed E-state index contributed by atoms with van der Waals surface area (Å²) in [5, 5.41) is 5.91. The van der Waals surface area contributed by atoms with Crippen LogP contribution in [0.15, 0.2) is 73.1 Å². The van der Waals surface area contributed by atoms with E-state index < -0.39 is 0 Å². The molecule has 3 rings (SSSR count). The first-order valence-corrected chi connectivity index (χ1v) is 9.22. The summed E-state index contributed by atoms with van der Waals surface area (Å²) in [4.78, 5) is 29.3. The fraction of sp³-hybridized carbons (Fsp3) is 0.227. The van der Waals surface area contributed by atoms with Crippen molar-refractivity contribution in [3.63, 3.8) is 0 Å². The molecule has 0 saturated heterocycles. The lowest BCUT2D eigenvalue weighted by atomic mass is 10.1. The lowest BCUT2D eigenvalue weighted by Gasteiger charge is -2.21. The molecule has 6 nitrogen and oxygen atoms in total. The summed E-state index contributed by atoms with van der Waals surface area (Å²) in [7, 11) is 1.90. The fourth-order valence-corrected chi connectivity index (χ4v) is 3.04. The smallest absolute Gasteiger partial charge is 0.251 e. The third kappa shape index (κ3) is 4.85. The lowest BCUT2D eigenvalue weighted by molar-refractivity contribution is -0.122. The standard InChI is InChI=1S/C22H24N4O2/c1-16(24-22(28)18-11-7-4-8-12-18)15-19(27)25-20(17-9-5-3-6-10-17)21-23-13-14-26(21)2/h3-14,16,20H,15H2,1-2H3,(H,24,28)(H,25,27)/t16-,20+/m0/s1. The van der Waals surface area contributed by atoms with Crippen molar-refractivity contribution >= 4 is 11.8 Å². The number of amides is 2. The molecule has 0 fully saturated rings. The zero-order valence-electron chi connectivity index (χ0n) is 16.0. The van der Waals surface area contributed by atoms with E-state index >= 15 is 0 Å². The van der Waals surface area contributed by atoms with E-state index in [0.717, 1.165) is 11.4 Å². The Balaban J connectivity index is 1.65. The van der Waals surface area contributed by atoms with Crippen molar-refractivity contribution in [2.45, 2.75) is 25.4 Å². The van der Waals surface area contributed by atoms with Crippen LogP contribution in [0.25, 0.3) is 0 Å². The Hall–Kier alpha value is -3.41. The highest BCUT2D eigenvalue weighted by atomic mass is 16.2. The summed E-state index contributed by atoms with van der Waals surface area (Å²) in [6.07, 6.45) is 3.73. The maximum absolute atomic E-state index is 12.7. The number of carbonyl (C=O) groups excluding carboxylic acids is 2. The fourth-order valence-electron chi connectivity index (χ4n) is 3.04. The van der Waals surface area contributed by atoms with Crippen LogP contribution in [0, 0.1) is 0 Å². The van der Waals surface area contributed by atoms with Crippen molar-refractivity contribution in [3.8, 4) is 0 Å². The Bertz CT molecular complexity index is 922. The van der Waals surface area contributed by atoms with Gasteiger partial charge < -0.3 is 15.2 Å². The van der Waals surface area contributed by atoms with Gasteiger partial charge in [-0.05, 0) is 24.6 Å². The normalized spacial score (nSPS) is 12.8. The van der Waals surface area contributed by atoms with Crippen molar-refractivity contribution in [1.29, 1.82) is 0 Å². The topological polar surface area (TPSA) is 76.0 Å². The first-order valence-electron chi connectivity index (χ1n) is 9.22. The average molecular weight is 376 g/mol. The van der Waals surface area contributed by atoms with Crippen molar-refractivity contribution in [2.75, 3.05) is 0 Å². The van der Waals surface area contributed by atoms with Crippen LogP contribution < -0.4 is 10.6 Å². The maximum atomic E-state index is 12.7. The molecule has 0 spiro atoms. The summed E-state index contributed by atoms with van der Waals surface area (Å²) in [5.41, 5.74) is 1.52. The van der Waals surface area contributed by atoms with Crippen LogP contribution in [-0.4, -0.2) is 27.4 Å². The quantitative estimate of drug-likeness (QED) is 0.666. The van der Waals surface area contributed by atoms with Crippen molar-refractivity contribution < 1.29 is 9.59 Å². The van der Waals surface area contributed by atoms with Gasteiger partial charge in [0.1, 0.15) is 11.9 Å². The molecule has 0 aliphatic heterocycles. The third-order valence-corrected chi connectivity index (χ3v) is 4.46. The number of hydrogen-bond acceptors (Lipinski definition) is 3. The summed E-state index contributed by atoms with van der Waals surface area (Å²) in [5.74, 6) is 0.405. The predicted molar refractivity (Wildman–Crippen MR) is 108 cm³/mol. The Morgan fingerprint density at radius 1 is 1.00 bits per heavy atom. The number of aryl methyl sites for hydroxylation is 1.